The standard InChI is InChI=1S/C21H17N3O2/c1-14-18(13-22-24(14)15-7-3-2-4-8-15)21(26)23-19-11-5-10-17-16(19)9-6-12-20(17)25/h2-13,25H,1H3,(H,23,26). The second kappa shape index (κ2) is 6.37. The van der Waals surface area contributed by atoms with Crippen LogP contribution in [0.4, 0.5) is 5.69 Å². The van der Waals surface area contributed by atoms with Gasteiger partial charge in [-0.2, -0.15) is 5.10 Å². The largest absolute Gasteiger partial charge is 0.507 e. The van der Waals surface area contributed by atoms with Crippen LogP contribution in [-0.2, 0) is 0 Å². The van der Waals surface area contributed by atoms with Gasteiger partial charge in [0, 0.05) is 16.5 Å². The lowest BCUT2D eigenvalue weighted by molar-refractivity contribution is 0.102. The third kappa shape index (κ3) is 2.69. The van der Waals surface area contributed by atoms with Gasteiger partial charge in [-0.1, -0.05) is 42.5 Å². The molecule has 0 aliphatic carbocycles. The maximum absolute atomic E-state index is 12.8. The minimum atomic E-state index is -0.236. The van der Waals surface area contributed by atoms with Crippen LogP contribution in [0.3, 0.4) is 0 Å². The molecule has 0 radical (unpaired) electrons. The zero-order valence-corrected chi connectivity index (χ0v) is 14.2. The maximum atomic E-state index is 12.8. The van der Waals surface area contributed by atoms with E-state index in [1.54, 1.807) is 29.1 Å². The van der Waals surface area contributed by atoms with Gasteiger partial charge in [-0.3, -0.25) is 4.79 Å². The number of phenols is 1. The number of benzene rings is 3. The fourth-order valence-corrected chi connectivity index (χ4v) is 3.05. The van der Waals surface area contributed by atoms with E-state index in [1.165, 1.54) is 0 Å². The molecule has 1 amide bonds. The summed E-state index contributed by atoms with van der Waals surface area (Å²) in [4.78, 5) is 12.8. The molecule has 1 heterocycles. The summed E-state index contributed by atoms with van der Waals surface area (Å²) in [7, 11) is 0. The highest BCUT2D eigenvalue weighted by atomic mass is 16.3. The van der Waals surface area contributed by atoms with Crippen LogP contribution in [0.25, 0.3) is 16.5 Å². The number of rotatable bonds is 3. The molecule has 1 aromatic heterocycles. The molecule has 5 heteroatoms. The van der Waals surface area contributed by atoms with E-state index in [-0.39, 0.29) is 11.7 Å². The lowest BCUT2D eigenvalue weighted by Crippen LogP contribution is -2.13. The Hall–Kier alpha value is -3.60. The van der Waals surface area contributed by atoms with E-state index in [0.717, 1.165) is 16.8 Å². The Labute approximate surface area is 150 Å². The average molecular weight is 343 g/mol. The molecule has 0 aliphatic heterocycles. The fourth-order valence-electron chi connectivity index (χ4n) is 3.05. The molecular formula is C21H17N3O2. The molecule has 0 saturated carbocycles. The third-order valence-electron chi connectivity index (χ3n) is 4.40. The number of nitrogens with zero attached hydrogens (tertiary/aromatic N) is 2. The van der Waals surface area contributed by atoms with Crippen molar-refractivity contribution >= 4 is 22.4 Å². The number of nitrogens with one attached hydrogen (secondary N) is 1. The normalized spacial score (nSPS) is 10.8. The first-order valence-electron chi connectivity index (χ1n) is 8.27. The van der Waals surface area contributed by atoms with Crippen LogP contribution in [0.5, 0.6) is 5.75 Å². The van der Waals surface area contributed by atoms with Gasteiger partial charge in [0.05, 0.1) is 23.1 Å². The van der Waals surface area contributed by atoms with Crippen LogP contribution in [0.2, 0.25) is 0 Å². The predicted molar refractivity (Wildman–Crippen MR) is 102 cm³/mol. The number of anilines is 1. The van der Waals surface area contributed by atoms with Crippen molar-refractivity contribution in [2.75, 3.05) is 5.32 Å². The number of phenolic OH excluding ortho intramolecular Hbond substituents is 1. The van der Waals surface area contributed by atoms with Crippen molar-refractivity contribution in [3.05, 3.63) is 84.2 Å². The second-order valence-electron chi connectivity index (χ2n) is 6.02. The van der Waals surface area contributed by atoms with Crippen molar-refractivity contribution < 1.29 is 9.90 Å². The first-order valence-corrected chi connectivity index (χ1v) is 8.27. The second-order valence-corrected chi connectivity index (χ2v) is 6.02. The Morgan fingerprint density at radius 2 is 1.69 bits per heavy atom. The van der Waals surface area contributed by atoms with Crippen molar-refractivity contribution in [1.29, 1.82) is 0 Å². The van der Waals surface area contributed by atoms with Crippen LogP contribution in [0.1, 0.15) is 16.1 Å². The Morgan fingerprint density at radius 3 is 2.50 bits per heavy atom. The minimum Gasteiger partial charge on any atom is -0.507 e. The van der Waals surface area contributed by atoms with E-state index in [9.17, 15) is 9.90 Å². The number of para-hydroxylation sites is 1. The summed E-state index contributed by atoms with van der Waals surface area (Å²) >= 11 is 0. The van der Waals surface area contributed by atoms with Gasteiger partial charge in [0.25, 0.3) is 5.91 Å². The topological polar surface area (TPSA) is 67.2 Å². The van der Waals surface area contributed by atoms with Crippen molar-refractivity contribution in [2.45, 2.75) is 6.92 Å². The van der Waals surface area contributed by atoms with Crippen molar-refractivity contribution in [3.8, 4) is 11.4 Å². The molecule has 128 valence electrons. The quantitative estimate of drug-likeness (QED) is 0.583. The summed E-state index contributed by atoms with van der Waals surface area (Å²) < 4.78 is 1.74. The predicted octanol–water partition coefficient (Wildman–Crippen LogP) is 4.29. The first kappa shape index (κ1) is 15.9. The van der Waals surface area contributed by atoms with Gasteiger partial charge in [0.1, 0.15) is 5.75 Å². The molecule has 4 rings (SSSR count). The van der Waals surface area contributed by atoms with E-state index in [4.69, 9.17) is 0 Å². The van der Waals surface area contributed by atoms with Gasteiger partial charge >= 0.3 is 0 Å². The highest BCUT2D eigenvalue weighted by Crippen LogP contribution is 2.30. The number of hydrogen-bond acceptors (Lipinski definition) is 3. The van der Waals surface area contributed by atoms with Crippen LogP contribution in [-0.4, -0.2) is 20.8 Å². The monoisotopic (exact) mass is 343 g/mol. The molecule has 0 spiro atoms. The Bertz CT molecular complexity index is 1100. The van der Waals surface area contributed by atoms with E-state index in [0.29, 0.717) is 16.6 Å². The molecule has 0 atom stereocenters. The van der Waals surface area contributed by atoms with Crippen LogP contribution < -0.4 is 5.32 Å². The highest BCUT2D eigenvalue weighted by Gasteiger charge is 2.16. The number of fused-ring (bicyclic) bond motifs is 1. The Morgan fingerprint density at radius 1 is 0.962 bits per heavy atom. The van der Waals surface area contributed by atoms with Gasteiger partial charge in [-0.25, -0.2) is 4.68 Å². The van der Waals surface area contributed by atoms with E-state index < -0.39 is 0 Å². The summed E-state index contributed by atoms with van der Waals surface area (Å²) in [6.45, 7) is 1.86. The summed E-state index contributed by atoms with van der Waals surface area (Å²) in [5, 5.41) is 18.7. The van der Waals surface area contributed by atoms with Gasteiger partial charge < -0.3 is 10.4 Å². The average Bonchev–Trinajstić information content (AvgIpc) is 3.05. The van der Waals surface area contributed by atoms with Crippen LogP contribution in [0, 0.1) is 6.92 Å². The van der Waals surface area contributed by atoms with Crippen LogP contribution >= 0.6 is 0 Å². The molecular weight excluding hydrogens is 326 g/mol. The molecule has 4 aromatic rings. The van der Waals surface area contributed by atoms with Gasteiger partial charge in [0.2, 0.25) is 0 Å². The third-order valence-corrected chi connectivity index (χ3v) is 4.40. The number of amides is 1. The van der Waals surface area contributed by atoms with E-state index >= 15 is 0 Å². The lowest BCUT2D eigenvalue weighted by atomic mass is 10.1. The number of hydrogen-bond donors (Lipinski definition) is 2. The zero-order chi connectivity index (χ0) is 18.1. The van der Waals surface area contributed by atoms with Gasteiger partial charge in [0.15, 0.2) is 0 Å². The first-order chi connectivity index (χ1) is 12.6. The van der Waals surface area contributed by atoms with Crippen LogP contribution in [0.15, 0.2) is 72.9 Å². The minimum absolute atomic E-state index is 0.187. The van der Waals surface area contributed by atoms with Crippen molar-refractivity contribution in [2.24, 2.45) is 0 Å². The molecule has 0 bridgehead atoms. The van der Waals surface area contributed by atoms with Crippen molar-refractivity contribution in [3.63, 3.8) is 0 Å². The van der Waals surface area contributed by atoms with Gasteiger partial charge in [-0.15, -0.1) is 0 Å². The summed E-state index contributed by atoms with van der Waals surface area (Å²) in [6.07, 6.45) is 1.57. The molecule has 0 unspecified atom stereocenters. The lowest BCUT2D eigenvalue weighted by Gasteiger charge is -2.10. The number of aromatic hydroxyl groups is 1. The van der Waals surface area contributed by atoms with Crippen molar-refractivity contribution in [1.82, 2.24) is 9.78 Å². The van der Waals surface area contributed by atoms with Gasteiger partial charge in [-0.05, 0) is 31.2 Å². The highest BCUT2D eigenvalue weighted by molar-refractivity contribution is 6.10. The number of aromatic nitrogens is 2. The Balaban J connectivity index is 1.68. The number of carbonyl (C=O) groups excluding carboxylic acids is 1. The fraction of sp³-hybridized carbons (Fsp3) is 0.0476. The molecule has 3 aromatic carbocycles. The molecule has 0 fully saturated rings. The smallest absolute Gasteiger partial charge is 0.259 e. The summed E-state index contributed by atoms with van der Waals surface area (Å²) in [5.74, 6) is -0.0489. The zero-order valence-electron chi connectivity index (χ0n) is 14.2. The van der Waals surface area contributed by atoms with E-state index in [1.807, 2.05) is 55.5 Å². The molecule has 26 heavy (non-hydrogen) atoms. The molecule has 5 nitrogen and oxygen atoms in total. The summed E-state index contributed by atoms with van der Waals surface area (Å²) in [5.41, 5.74) is 2.82. The Kier molecular flexibility index (Phi) is 3.89. The molecule has 0 aliphatic rings. The molecule has 2 N–H and O–H groups in total. The van der Waals surface area contributed by atoms with E-state index in [2.05, 4.69) is 10.4 Å². The summed E-state index contributed by atoms with van der Waals surface area (Å²) in [6, 6.07) is 20.4. The maximum Gasteiger partial charge on any atom is 0.259 e. The SMILES string of the molecule is Cc1c(C(=O)Nc2cccc3c(O)cccc23)cnn1-c1ccccc1. The molecule has 0 saturated heterocycles. The number of carbonyl (C=O) groups is 1.